The minimum Gasteiger partial charge on any atom is -0.256 e. The number of aromatic nitrogens is 1. The molecule has 92 valence electrons. The molecule has 2 aromatic carbocycles. The Balaban J connectivity index is 2.12. The summed E-state index contributed by atoms with van der Waals surface area (Å²) in [6.45, 7) is 0. The van der Waals surface area contributed by atoms with E-state index in [0.29, 0.717) is 0 Å². The number of hydrogen-bond acceptors (Lipinski definition) is 1. The van der Waals surface area contributed by atoms with Gasteiger partial charge in [-0.2, -0.15) is 0 Å². The summed E-state index contributed by atoms with van der Waals surface area (Å²) in [5, 5.41) is 0.755. The van der Waals surface area contributed by atoms with Gasteiger partial charge >= 0.3 is 0 Å². The van der Waals surface area contributed by atoms with E-state index in [9.17, 15) is 0 Å². The molecule has 0 aliphatic carbocycles. The fraction of sp³-hybridized carbons (Fsp3) is 0. The molecule has 19 heavy (non-hydrogen) atoms. The molecule has 0 fully saturated rings. The average Bonchev–Trinajstić information content (AvgIpc) is 2.49. The van der Waals surface area contributed by atoms with Crippen molar-refractivity contribution >= 4 is 11.6 Å². The van der Waals surface area contributed by atoms with E-state index in [2.05, 4.69) is 23.2 Å². The molecule has 0 bridgehead atoms. The summed E-state index contributed by atoms with van der Waals surface area (Å²) < 4.78 is 0. The van der Waals surface area contributed by atoms with Crippen molar-refractivity contribution in [2.75, 3.05) is 0 Å². The standard InChI is InChI=1S/C17H12ClN/c18-16-10-9-14(17-8-4-5-11-19-17)12-15(16)13-6-2-1-3-7-13/h1-12H. The van der Waals surface area contributed by atoms with Crippen molar-refractivity contribution in [1.82, 2.24) is 4.98 Å². The summed E-state index contributed by atoms with van der Waals surface area (Å²) in [5.74, 6) is 0. The van der Waals surface area contributed by atoms with Crippen molar-refractivity contribution in [2.24, 2.45) is 0 Å². The number of benzene rings is 2. The number of rotatable bonds is 2. The van der Waals surface area contributed by atoms with Crippen LogP contribution < -0.4 is 0 Å². The van der Waals surface area contributed by atoms with E-state index in [0.717, 1.165) is 27.4 Å². The van der Waals surface area contributed by atoms with Gasteiger partial charge in [-0.25, -0.2) is 0 Å². The third-order valence-electron chi connectivity index (χ3n) is 3.01. The third-order valence-corrected chi connectivity index (χ3v) is 3.34. The lowest BCUT2D eigenvalue weighted by molar-refractivity contribution is 1.33. The fourth-order valence-electron chi connectivity index (χ4n) is 2.06. The molecule has 0 radical (unpaired) electrons. The van der Waals surface area contributed by atoms with E-state index in [-0.39, 0.29) is 0 Å². The third kappa shape index (κ3) is 2.51. The topological polar surface area (TPSA) is 12.9 Å². The van der Waals surface area contributed by atoms with Crippen LogP contribution >= 0.6 is 11.6 Å². The van der Waals surface area contributed by atoms with E-state index in [4.69, 9.17) is 11.6 Å². The van der Waals surface area contributed by atoms with Gasteiger partial charge in [-0.1, -0.05) is 54.1 Å². The van der Waals surface area contributed by atoms with Crippen LogP contribution in [0.15, 0.2) is 72.9 Å². The Morgan fingerprint density at radius 3 is 2.26 bits per heavy atom. The monoisotopic (exact) mass is 265 g/mol. The zero-order chi connectivity index (χ0) is 13.1. The Bertz CT molecular complexity index is 678. The maximum atomic E-state index is 6.30. The number of halogens is 1. The van der Waals surface area contributed by atoms with Gasteiger partial charge in [-0.3, -0.25) is 4.98 Å². The summed E-state index contributed by atoms with van der Waals surface area (Å²) in [6.07, 6.45) is 1.80. The van der Waals surface area contributed by atoms with Crippen molar-refractivity contribution in [1.29, 1.82) is 0 Å². The fourth-order valence-corrected chi connectivity index (χ4v) is 2.28. The summed E-state index contributed by atoms with van der Waals surface area (Å²) in [5.41, 5.74) is 4.18. The quantitative estimate of drug-likeness (QED) is 0.630. The van der Waals surface area contributed by atoms with Gasteiger partial charge in [0.2, 0.25) is 0 Å². The van der Waals surface area contributed by atoms with Crippen molar-refractivity contribution in [3.05, 3.63) is 77.9 Å². The molecule has 0 atom stereocenters. The lowest BCUT2D eigenvalue weighted by Gasteiger charge is -2.07. The lowest BCUT2D eigenvalue weighted by Crippen LogP contribution is -1.85. The minimum absolute atomic E-state index is 0.755. The summed E-state index contributed by atoms with van der Waals surface area (Å²) in [7, 11) is 0. The highest BCUT2D eigenvalue weighted by Gasteiger charge is 2.06. The zero-order valence-corrected chi connectivity index (χ0v) is 11.0. The molecule has 1 aromatic heterocycles. The van der Waals surface area contributed by atoms with Crippen LogP contribution in [0, 0.1) is 0 Å². The second kappa shape index (κ2) is 5.25. The maximum Gasteiger partial charge on any atom is 0.0702 e. The molecule has 0 aliphatic rings. The van der Waals surface area contributed by atoms with Gasteiger partial charge in [0.25, 0.3) is 0 Å². The summed E-state index contributed by atoms with van der Waals surface area (Å²) >= 11 is 6.30. The first-order chi connectivity index (χ1) is 9.34. The number of pyridine rings is 1. The normalized spacial score (nSPS) is 10.4. The molecule has 1 nitrogen and oxygen atoms in total. The molecule has 0 amide bonds. The second-order valence-corrected chi connectivity index (χ2v) is 4.68. The number of hydrogen-bond donors (Lipinski definition) is 0. The molecule has 1 heterocycles. The molecule has 0 aliphatic heterocycles. The van der Waals surface area contributed by atoms with E-state index in [1.165, 1.54) is 0 Å². The predicted octanol–water partition coefficient (Wildman–Crippen LogP) is 5.07. The molecule has 0 saturated carbocycles. The Morgan fingerprint density at radius 2 is 1.53 bits per heavy atom. The van der Waals surface area contributed by atoms with E-state index >= 15 is 0 Å². The molecule has 0 unspecified atom stereocenters. The molecule has 3 rings (SSSR count). The van der Waals surface area contributed by atoms with Crippen molar-refractivity contribution < 1.29 is 0 Å². The van der Waals surface area contributed by atoms with E-state index < -0.39 is 0 Å². The molecule has 3 aromatic rings. The van der Waals surface area contributed by atoms with Gasteiger partial charge in [0.1, 0.15) is 0 Å². The Hall–Kier alpha value is -2.12. The van der Waals surface area contributed by atoms with Gasteiger partial charge in [0.05, 0.1) is 5.69 Å². The van der Waals surface area contributed by atoms with Crippen LogP contribution in [0.3, 0.4) is 0 Å². The Labute approximate surface area is 117 Å². The van der Waals surface area contributed by atoms with Crippen LogP contribution in [-0.4, -0.2) is 4.98 Å². The van der Waals surface area contributed by atoms with Crippen LogP contribution in [0.25, 0.3) is 22.4 Å². The van der Waals surface area contributed by atoms with Crippen LogP contribution in [0.5, 0.6) is 0 Å². The Kier molecular flexibility index (Phi) is 3.30. The second-order valence-electron chi connectivity index (χ2n) is 4.28. The molecule has 0 N–H and O–H groups in total. The molecule has 2 heteroatoms. The smallest absolute Gasteiger partial charge is 0.0702 e. The Morgan fingerprint density at radius 1 is 0.737 bits per heavy atom. The highest BCUT2D eigenvalue weighted by atomic mass is 35.5. The van der Waals surface area contributed by atoms with E-state index in [1.807, 2.05) is 48.5 Å². The van der Waals surface area contributed by atoms with Crippen molar-refractivity contribution in [3.8, 4) is 22.4 Å². The summed E-state index contributed by atoms with van der Waals surface area (Å²) in [6, 6.07) is 22.0. The highest BCUT2D eigenvalue weighted by Crippen LogP contribution is 2.31. The molecular formula is C17H12ClN. The van der Waals surface area contributed by atoms with Gasteiger partial charge in [-0.05, 0) is 29.8 Å². The van der Waals surface area contributed by atoms with Gasteiger partial charge in [0, 0.05) is 22.3 Å². The average molecular weight is 266 g/mol. The van der Waals surface area contributed by atoms with Crippen molar-refractivity contribution in [2.45, 2.75) is 0 Å². The van der Waals surface area contributed by atoms with Gasteiger partial charge in [0.15, 0.2) is 0 Å². The van der Waals surface area contributed by atoms with Crippen LogP contribution in [0.1, 0.15) is 0 Å². The summed E-state index contributed by atoms with van der Waals surface area (Å²) in [4.78, 5) is 4.37. The molecule has 0 saturated heterocycles. The molecular weight excluding hydrogens is 254 g/mol. The predicted molar refractivity (Wildman–Crippen MR) is 80.1 cm³/mol. The van der Waals surface area contributed by atoms with Gasteiger partial charge < -0.3 is 0 Å². The van der Waals surface area contributed by atoms with Crippen LogP contribution in [0.4, 0.5) is 0 Å². The maximum absolute atomic E-state index is 6.30. The highest BCUT2D eigenvalue weighted by molar-refractivity contribution is 6.33. The van der Waals surface area contributed by atoms with Crippen LogP contribution in [-0.2, 0) is 0 Å². The number of nitrogens with zero attached hydrogens (tertiary/aromatic N) is 1. The first-order valence-electron chi connectivity index (χ1n) is 6.11. The first-order valence-corrected chi connectivity index (χ1v) is 6.49. The zero-order valence-electron chi connectivity index (χ0n) is 10.3. The first kappa shape index (κ1) is 11.9. The largest absolute Gasteiger partial charge is 0.256 e. The van der Waals surface area contributed by atoms with E-state index in [1.54, 1.807) is 6.20 Å². The van der Waals surface area contributed by atoms with Crippen LogP contribution in [0.2, 0.25) is 5.02 Å². The SMILES string of the molecule is Clc1ccc(-c2ccccn2)cc1-c1ccccc1. The van der Waals surface area contributed by atoms with Gasteiger partial charge in [-0.15, -0.1) is 0 Å². The minimum atomic E-state index is 0.755. The lowest BCUT2D eigenvalue weighted by atomic mass is 10.0. The molecule has 0 spiro atoms. The van der Waals surface area contributed by atoms with Crippen molar-refractivity contribution in [3.63, 3.8) is 0 Å².